The third-order valence-corrected chi connectivity index (χ3v) is 2.90. The topological polar surface area (TPSA) is 30.7 Å². The van der Waals surface area contributed by atoms with E-state index in [4.69, 9.17) is 0 Å². The molecule has 0 aliphatic rings. The maximum absolute atomic E-state index is 4.16. The number of nitrogens with zero attached hydrogens (tertiary/aromatic N) is 3. The first-order valence-electron chi connectivity index (χ1n) is 5.87. The van der Waals surface area contributed by atoms with Crippen molar-refractivity contribution in [1.29, 1.82) is 0 Å². The molecule has 0 spiro atoms. The SMILES string of the molecule is C=C(Cc1ccccc1)n1nnc2ccccc21. The van der Waals surface area contributed by atoms with Gasteiger partial charge < -0.3 is 0 Å². The van der Waals surface area contributed by atoms with Crippen molar-refractivity contribution in [2.24, 2.45) is 0 Å². The molecular weight excluding hydrogens is 222 g/mol. The lowest BCUT2D eigenvalue weighted by Gasteiger charge is -2.06. The van der Waals surface area contributed by atoms with E-state index in [9.17, 15) is 0 Å². The Balaban J connectivity index is 1.93. The molecule has 0 unspecified atom stereocenters. The second-order valence-electron chi connectivity index (χ2n) is 4.22. The van der Waals surface area contributed by atoms with E-state index >= 15 is 0 Å². The molecule has 1 aromatic heterocycles. The molecule has 0 fully saturated rings. The van der Waals surface area contributed by atoms with Gasteiger partial charge in [-0.15, -0.1) is 5.10 Å². The van der Waals surface area contributed by atoms with Crippen molar-refractivity contribution in [2.45, 2.75) is 6.42 Å². The van der Waals surface area contributed by atoms with Crippen LogP contribution in [0.2, 0.25) is 0 Å². The highest BCUT2D eigenvalue weighted by Crippen LogP contribution is 2.16. The summed E-state index contributed by atoms with van der Waals surface area (Å²) in [6.45, 7) is 4.10. The lowest BCUT2D eigenvalue weighted by Crippen LogP contribution is -2.01. The molecular formula is C15H13N3. The smallest absolute Gasteiger partial charge is 0.113 e. The van der Waals surface area contributed by atoms with Crippen LogP contribution in [0, 0.1) is 0 Å². The normalized spacial score (nSPS) is 10.7. The van der Waals surface area contributed by atoms with E-state index in [2.05, 4.69) is 29.0 Å². The fraction of sp³-hybridized carbons (Fsp3) is 0.0667. The summed E-state index contributed by atoms with van der Waals surface area (Å²) >= 11 is 0. The Hall–Kier alpha value is -2.42. The standard InChI is InChI=1S/C15H13N3/c1-12(11-13-7-3-2-4-8-13)18-15-10-6-5-9-14(15)16-17-18/h2-10H,1,11H2. The van der Waals surface area contributed by atoms with Gasteiger partial charge in [-0.05, 0) is 17.7 Å². The molecule has 0 saturated heterocycles. The largest absolute Gasteiger partial charge is 0.217 e. The molecule has 0 amide bonds. The summed E-state index contributed by atoms with van der Waals surface area (Å²) in [6.07, 6.45) is 0.772. The van der Waals surface area contributed by atoms with Gasteiger partial charge in [-0.3, -0.25) is 0 Å². The summed E-state index contributed by atoms with van der Waals surface area (Å²) < 4.78 is 1.81. The van der Waals surface area contributed by atoms with Gasteiger partial charge in [0.1, 0.15) is 5.52 Å². The second-order valence-corrected chi connectivity index (χ2v) is 4.22. The molecule has 3 aromatic rings. The molecule has 3 heteroatoms. The lowest BCUT2D eigenvalue weighted by molar-refractivity contribution is 0.823. The first-order chi connectivity index (χ1) is 8.84. The zero-order valence-electron chi connectivity index (χ0n) is 9.95. The number of rotatable bonds is 3. The summed E-state index contributed by atoms with van der Waals surface area (Å²) in [5, 5.41) is 8.29. The molecule has 18 heavy (non-hydrogen) atoms. The highest BCUT2D eigenvalue weighted by Gasteiger charge is 2.06. The predicted molar refractivity (Wildman–Crippen MR) is 73.0 cm³/mol. The fourth-order valence-electron chi connectivity index (χ4n) is 2.01. The van der Waals surface area contributed by atoms with Crippen LogP contribution in [0.5, 0.6) is 0 Å². The molecule has 0 saturated carbocycles. The van der Waals surface area contributed by atoms with E-state index in [0.717, 1.165) is 23.2 Å². The van der Waals surface area contributed by atoms with Crippen LogP contribution in [0.3, 0.4) is 0 Å². The molecule has 88 valence electrons. The Labute approximate surface area is 105 Å². The van der Waals surface area contributed by atoms with Crippen molar-refractivity contribution < 1.29 is 0 Å². The number of fused-ring (bicyclic) bond motifs is 1. The summed E-state index contributed by atoms with van der Waals surface area (Å²) in [7, 11) is 0. The van der Waals surface area contributed by atoms with Crippen molar-refractivity contribution in [3.05, 3.63) is 66.7 Å². The summed E-state index contributed by atoms with van der Waals surface area (Å²) in [6, 6.07) is 18.1. The van der Waals surface area contributed by atoms with Gasteiger partial charge in [-0.25, -0.2) is 4.68 Å². The second kappa shape index (κ2) is 4.45. The number of allylic oxidation sites excluding steroid dienone is 1. The predicted octanol–water partition coefficient (Wildman–Crippen LogP) is 3.14. The van der Waals surface area contributed by atoms with Crippen LogP contribution in [0.15, 0.2) is 61.2 Å². The van der Waals surface area contributed by atoms with Crippen molar-refractivity contribution >= 4 is 16.7 Å². The zero-order valence-corrected chi connectivity index (χ0v) is 9.95. The average molecular weight is 235 g/mol. The molecule has 2 aromatic carbocycles. The summed E-state index contributed by atoms with van der Waals surface area (Å²) in [5.41, 5.74) is 4.04. The van der Waals surface area contributed by atoms with E-state index in [1.54, 1.807) is 0 Å². The van der Waals surface area contributed by atoms with Gasteiger partial charge in [0.2, 0.25) is 0 Å². The zero-order chi connectivity index (χ0) is 12.4. The summed E-state index contributed by atoms with van der Waals surface area (Å²) in [5.74, 6) is 0. The van der Waals surface area contributed by atoms with Crippen molar-refractivity contribution in [3.8, 4) is 0 Å². The third kappa shape index (κ3) is 1.91. The molecule has 3 nitrogen and oxygen atoms in total. The number of aromatic nitrogens is 3. The minimum atomic E-state index is 0.772. The van der Waals surface area contributed by atoms with Crippen LogP contribution in [-0.4, -0.2) is 15.0 Å². The quantitative estimate of drug-likeness (QED) is 0.698. The van der Waals surface area contributed by atoms with E-state index < -0.39 is 0 Å². The average Bonchev–Trinajstić information content (AvgIpc) is 2.84. The molecule has 0 aliphatic heterocycles. The van der Waals surface area contributed by atoms with Gasteiger partial charge in [-0.1, -0.05) is 54.3 Å². The first-order valence-corrected chi connectivity index (χ1v) is 5.87. The highest BCUT2D eigenvalue weighted by molar-refractivity contribution is 5.77. The van der Waals surface area contributed by atoms with Crippen LogP contribution in [0.1, 0.15) is 5.56 Å². The highest BCUT2D eigenvalue weighted by atomic mass is 15.4. The monoisotopic (exact) mass is 235 g/mol. The van der Waals surface area contributed by atoms with Gasteiger partial charge in [0.05, 0.1) is 5.52 Å². The van der Waals surface area contributed by atoms with Crippen molar-refractivity contribution in [3.63, 3.8) is 0 Å². The van der Waals surface area contributed by atoms with Crippen molar-refractivity contribution in [2.75, 3.05) is 0 Å². The Kier molecular flexibility index (Phi) is 2.65. The molecule has 0 radical (unpaired) electrons. The molecule has 1 heterocycles. The molecule has 0 aliphatic carbocycles. The van der Waals surface area contributed by atoms with Gasteiger partial charge in [0.25, 0.3) is 0 Å². The number of benzene rings is 2. The maximum Gasteiger partial charge on any atom is 0.113 e. The van der Waals surface area contributed by atoms with E-state index in [1.165, 1.54) is 5.56 Å². The minimum Gasteiger partial charge on any atom is -0.217 e. The lowest BCUT2D eigenvalue weighted by atomic mass is 10.1. The van der Waals surface area contributed by atoms with Crippen LogP contribution in [0.4, 0.5) is 0 Å². The van der Waals surface area contributed by atoms with E-state index in [0.29, 0.717) is 0 Å². The Bertz CT molecular complexity index is 683. The van der Waals surface area contributed by atoms with E-state index in [-0.39, 0.29) is 0 Å². The number of hydrogen-bond acceptors (Lipinski definition) is 2. The maximum atomic E-state index is 4.16. The van der Waals surface area contributed by atoms with Crippen LogP contribution < -0.4 is 0 Å². The molecule has 3 rings (SSSR count). The number of para-hydroxylation sites is 1. The fourth-order valence-corrected chi connectivity index (χ4v) is 2.01. The van der Waals surface area contributed by atoms with Gasteiger partial charge in [-0.2, -0.15) is 0 Å². The van der Waals surface area contributed by atoms with Gasteiger partial charge in [0.15, 0.2) is 0 Å². The number of hydrogen-bond donors (Lipinski definition) is 0. The van der Waals surface area contributed by atoms with Crippen LogP contribution in [0.25, 0.3) is 16.7 Å². The van der Waals surface area contributed by atoms with Gasteiger partial charge in [0, 0.05) is 12.1 Å². The summed E-state index contributed by atoms with van der Waals surface area (Å²) in [4.78, 5) is 0. The van der Waals surface area contributed by atoms with Gasteiger partial charge >= 0.3 is 0 Å². The molecule has 0 atom stereocenters. The third-order valence-electron chi connectivity index (χ3n) is 2.90. The Morgan fingerprint density at radius 3 is 2.56 bits per heavy atom. The Morgan fingerprint density at radius 2 is 1.72 bits per heavy atom. The van der Waals surface area contributed by atoms with Crippen molar-refractivity contribution in [1.82, 2.24) is 15.0 Å². The first kappa shape index (κ1) is 10.7. The molecule has 0 N–H and O–H groups in total. The minimum absolute atomic E-state index is 0.772. The molecule has 0 bridgehead atoms. The van der Waals surface area contributed by atoms with Crippen LogP contribution in [-0.2, 0) is 6.42 Å². The Morgan fingerprint density at radius 1 is 1.00 bits per heavy atom. The van der Waals surface area contributed by atoms with E-state index in [1.807, 2.05) is 47.1 Å². The van der Waals surface area contributed by atoms with Crippen LogP contribution >= 0.6 is 0 Å².